The van der Waals surface area contributed by atoms with Gasteiger partial charge in [-0.05, 0) is 80.3 Å². The molecule has 3 heteroatoms. The fourth-order valence-corrected chi connectivity index (χ4v) is 5.17. The third-order valence-corrected chi connectivity index (χ3v) is 6.48. The van der Waals surface area contributed by atoms with Crippen molar-refractivity contribution < 1.29 is 4.39 Å². The third-order valence-electron chi connectivity index (χ3n) is 6.48. The number of allylic oxidation sites excluding steroid dienone is 3. The predicted molar refractivity (Wildman–Crippen MR) is 98.0 cm³/mol. The van der Waals surface area contributed by atoms with Crippen molar-refractivity contribution in [1.82, 2.24) is 9.78 Å². The van der Waals surface area contributed by atoms with E-state index in [1.165, 1.54) is 55.5 Å². The second-order valence-corrected chi connectivity index (χ2v) is 7.95. The zero-order valence-corrected chi connectivity index (χ0v) is 14.6. The van der Waals surface area contributed by atoms with Crippen LogP contribution in [0, 0.1) is 17.2 Å². The number of benzene rings is 1. The van der Waals surface area contributed by atoms with Gasteiger partial charge in [-0.15, -0.1) is 0 Å². The molecule has 25 heavy (non-hydrogen) atoms. The summed E-state index contributed by atoms with van der Waals surface area (Å²) in [4.78, 5) is 0. The molecular weight excluding hydrogens is 311 g/mol. The zero-order valence-electron chi connectivity index (χ0n) is 14.6. The van der Waals surface area contributed by atoms with Gasteiger partial charge in [0.2, 0.25) is 0 Å². The maximum absolute atomic E-state index is 13.2. The minimum absolute atomic E-state index is 0.174. The highest BCUT2D eigenvalue weighted by atomic mass is 19.1. The van der Waals surface area contributed by atoms with Crippen molar-refractivity contribution in [2.24, 2.45) is 11.3 Å². The third kappa shape index (κ3) is 2.25. The van der Waals surface area contributed by atoms with Crippen LogP contribution in [0.5, 0.6) is 0 Å². The molecule has 2 aromatic rings. The quantitative estimate of drug-likeness (QED) is 0.632. The first-order chi connectivity index (χ1) is 12.1. The van der Waals surface area contributed by atoms with Crippen LogP contribution in [0.2, 0.25) is 0 Å². The van der Waals surface area contributed by atoms with E-state index < -0.39 is 0 Å². The highest BCUT2D eigenvalue weighted by Gasteiger charge is 2.43. The Kier molecular flexibility index (Phi) is 3.28. The molecule has 0 aliphatic heterocycles. The van der Waals surface area contributed by atoms with Crippen molar-refractivity contribution in [3.63, 3.8) is 0 Å². The Balaban J connectivity index is 1.60. The van der Waals surface area contributed by atoms with Crippen LogP contribution >= 0.6 is 0 Å². The second-order valence-electron chi connectivity index (χ2n) is 7.95. The van der Waals surface area contributed by atoms with E-state index in [-0.39, 0.29) is 11.2 Å². The van der Waals surface area contributed by atoms with Gasteiger partial charge >= 0.3 is 0 Å². The second kappa shape index (κ2) is 5.42. The minimum atomic E-state index is -0.210. The zero-order chi connectivity index (χ0) is 17.0. The molecule has 1 heterocycles. The van der Waals surface area contributed by atoms with Crippen LogP contribution in [-0.4, -0.2) is 9.78 Å². The van der Waals surface area contributed by atoms with Gasteiger partial charge < -0.3 is 0 Å². The van der Waals surface area contributed by atoms with Crippen LogP contribution in [0.1, 0.15) is 50.3 Å². The number of rotatable bonds is 1. The summed E-state index contributed by atoms with van der Waals surface area (Å²) in [5.74, 6) is 0.572. The number of halogens is 1. The standard InChI is InChI=1S/C22H23FN2/c1-22-13-16-14-24-25(19-10-8-18(23)9-11-19)21(16)12-17(22)7-6-15-4-2-3-5-20(15)22/h5,8-12,14-15H,2-4,6-7,13H2,1H3/t15-,22+/m1/s1. The number of hydrogen-bond donors (Lipinski definition) is 0. The predicted octanol–water partition coefficient (Wildman–Crippen LogP) is 5.48. The van der Waals surface area contributed by atoms with Gasteiger partial charge in [-0.3, -0.25) is 0 Å². The molecule has 3 aliphatic carbocycles. The van der Waals surface area contributed by atoms with Gasteiger partial charge in [0.1, 0.15) is 5.82 Å². The van der Waals surface area contributed by atoms with E-state index in [1.807, 2.05) is 10.9 Å². The number of aromatic nitrogens is 2. The molecule has 1 saturated carbocycles. The first-order valence-corrected chi connectivity index (χ1v) is 9.39. The molecule has 1 fully saturated rings. The molecule has 1 aromatic heterocycles. The molecule has 2 atom stereocenters. The van der Waals surface area contributed by atoms with Gasteiger partial charge in [-0.2, -0.15) is 5.10 Å². The Morgan fingerprint density at radius 1 is 1.20 bits per heavy atom. The summed E-state index contributed by atoms with van der Waals surface area (Å²) in [6.07, 6.45) is 14.3. The molecule has 0 N–H and O–H groups in total. The number of nitrogens with zero attached hydrogens (tertiary/aromatic N) is 2. The molecular formula is C22H23FN2. The molecule has 5 rings (SSSR count). The first kappa shape index (κ1) is 15.1. The summed E-state index contributed by atoms with van der Waals surface area (Å²) in [7, 11) is 0. The minimum Gasteiger partial charge on any atom is -0.233 e. The Hall–Kier alpha value is -2.16. The lowest BCUT2D eigenvalue weighted by Gasteiger charge is -2.47. The molecule has 0 bridgehead atoms. The lowest BCUT2D eigenvalue weighted by atomic mass is 9.57. The molecule has 0 amide bonds. The van der Waals surface area contributed by atoms with E-state index >= 15 is 0 Å². The maximum Gasteiger partial charge on any atom is 0.123 e. The molecule has 2 nitrogen and oxygen atoms in total. The van der Waals surface area contributed by atoms with Gasteiger partial charge in [0.05, 0.1) is 17.6 Å². The van der Waals surface area contributed by atoms with Crippen LogP contribution < -0.4 is 0 Å². The fourth-order valence-electron chi connectivity index (χ4n) is 5.17. The van der Waals surface area contributed by atoms with Crippen molar-refractivity contribution in [3.05, 3.63) is 64.8 Å². The SMILES string of the molecule is C[C@]12Cc3cnn(-c4ccc(F)cc4)c3C=C1CC[C@H]1CCCC=C12. The van der Waals surface area contributed by atoms with Crippen molar-refractivity contribution in [2.45, 2.75) is 45.4 Å². The fraction of sp³-hybridized carbons (Fsp3) is 0.409. The van der Waals surface area contributed by atoms with E-state index in [9.17, 15) is 4.39 Å². The lowest BCUT2D eigenvalue weighted by molar-refractivity contribution is 0.307. The average molecular weight is 334 g/mol. The summed E-state index contributed by atoms with van der Waals surface area (Å²) in [6.45, 7) is 2.43. The largest absolute Gasteiger partial charge is 0.233 e. The lowest BCUT2D eigenvalue weighted by Crippen LogP contribution is -2.36. The van der Waals surface area contributed by atoms with Crippen LogP contribution in [0.4, 0.5) is 4.39 Å². The average Bonchev–Trinajstić information content (AvgIpc) is 3.02. The molecule has 128 valence electrons. The molecule has 0 unspecified atom stereocenters. The van der Waals surface area contributed by atoms with Crippen LogP contribution in [0.25, 0.3) is 11.8 Å². The maximum atomic E-state index is 13.2. The topological polar surface area (TPSA) is 17.8 Å². The van der Waals surface area contributed by atoms with E-state index in [0.717, 1.165) is 18.0 Å². The Labute approximate surface area is 148 Å². The molecule has 0 spiro atoms. The number of fused-ring (bicyclic) bond motifs is 4. The Morgan fingerprint density at radius 3 is 2.88 bits per heavy atom. The summed E-state index contributed by atoms with van der Waals surface area (Å²) in [5.41, 5.74) is 6.81. The van der Waals surface area contributed by atoms with Gasteiger partial charge in [0.25, 0.3) is 0 Å². The summed E-state index contributed by atoms with van der Waals surface area (Å²) in [6, 6.07) is 6.61. The smallest absolute Gasteiger partial charge is 0.123 e. The van der Waals surface area contributed by atoms with Crippen molar-refractivity contribution >= 4 is 6.08 Å². The van der Waals surface area contributed by atoms with E-state index in [0.29, 0.717) is 0 Å². The van der Waals surface area contributed by atoms with Crippen LogP contribution in [0.3, 0.4) is 0 Å². The first-order valence-electron chi connectivity index (χ1n) is 9.39. The summed E-state index contributed by atoms with van der Waals surface area (Å²) < 4.78 is 15.2. The van der Waals surface area contributed by atoms with Crippen LogP contribution in [-0.2, 0) is 6.42 Å². The Bertz CT molecular complexity index is 887. The number of hydrogen-bond acceptors (Lipinski definition) is 1. The van der Waals surface area contributed by atoms with Gasteiger partial charge in [0, 0.05) is 5.41 Å². The summed E-state index contributed by atoms with van der Waals surface area (Å²) in [5, 5.41) is 4.62. The van der Waals surface area contributed by atoms with Crippen molar-refractivity contribution in [2.75, 3.05) is 0 Å². The highest BCUT2D eigenvalue weighted by molar-refractivity contribution is 5.63. The molecule has 0 saturated heterocycles. The van der Waals surface area contributed by atoms with Gasteiger partial charge in [-0.1, -0.05) is 24.1 Å². The highest BCUT2D eigenvalue weighted by Crippen LogP contribution is 2.55. The van der Waals surface area contributed by atoms with Gasteiger partial charge in [0.15, 0.2) is 0 Å². The summed E-state index contributed by atoms with van der Waals surface area (Å²) >= 11 is 0. The van der Waals surface area contributed by atoms with Crippen molar-refractivity contribution in [1.29, 1.82) is 0 Å². The van der Waals surface area contributed by atoms with E-state index in [2.05, 4.69) is 24.2 Å². The monoisotopic (exact) mass is 334 g/mol. The van der Waals surface area contributed by atoms with Gasteiger partial charge in [-0.25, -0.2) is 9.07 Å². The van der Waals surface area contributed by atoms with E-state index in [1.54, 1.807) is 23.3 Å². The molecule has 3 aliphatic rings. The van der Waals surface area contributed by atoms with E-state index in [4.69, 9.17) is 0 Å². The van der Waals surface area contributed by atoms with Crippen LogP contribution in [0.15, 0.2) is 47.7 Å². The molecule has 1 aromatic carbocycles. The normalized spacial score (nSPS) is 27.7. The van der Waals surface area contributed by atoms with Crippen molar-refractivity contribution in [3.8, 4) is 5.69 Å². The Morgan fingerprint density at radius 2 is 2.04 bits per heavy atom. The molecule has 0 radical (unpaired) electrons.